The van der Waals surface area contributed by atoms with Gasteiger partial charge in [0.15, 0.2) is 0 Å². The van der Waals surface area contributed by atoms with Crippen molar-refractivity contribution in [2.45, 2.75) is 38.2 Å². The maximum absolute atomic E-state index is 11.2. The second kappa shape index (κ2) is 3.41. The molecule has 0 aliphatic heterocycles. The number of carbonyl (C=O) groups excluding carboxylic acids is 1. The topological polar surface area (TPSA) is 26.3 Å². The van der Waals surface area contributed by atoms with Gasteiger partial charge in [-0.15, -0.1) is 0 Å². The first-order valence-electron chi connectivity index (χ1n) is 4.92. The molecule has 2 saturated carbocycles. The van der Waals surface area contributed by atoms with E-state index in [1.54, 1.807) is 0 Å². The Hall–Kier alpha value is 0.200. The lowest BCUT2D eigenvalue weighted by molar-refractivity contribution is -0.159. The van der Waals surface area contributed by atoms with Gasteiger partial charge in [-0.1, -0.05) is 22.6 Å². The van der Waals surface area contributed by atoms with Gasteiger partial charge in [0.2, 0.25) is 0 Å². The molecular weight excluding hydrogens is 279 g/mol. The predicted octanol–water partition coefficient (Wildman–Crippen LogP) is 2.54. The van der Waals surface area contributed by atoms with E-state index in [0.717, 1.165) is 12.3 Å². The van der Waals surface area contributed by atoms with Crippen LogP contribution in [0.5, 0.6) is 0 Å². The van der Waals surface area contributed by atoms with Crippen molar-refractivity contribution in [3.05, 3.63) is 0 Å². The van der Waals surface area contributed by atoms with Crippen LogP contribution in [0.1, 0.15) is 32.6 Å². The molecule has 0 radical (unpaired) electrons. The molecule has 0 saturated heterocycles. The lowest BCUT2D eigenvalue weighted by Gasteiger charge is -2.33. The minimum atomic E-state index is -0.120. The van der Waals surface area contributed by atoms with E-state index in [-0.39, 0.29) is 11.6 Å². The number of halogens is 1. The van der Waals surface area contributed by atoms with Crippen LogP contribution in [0.2, 0.25) is 0 Å². The fourth-order valence-corrected chi connectivity index (χ4v) is 3.12. The number of hydrogen-bond donors (Lipinski definition) is 0. The van der Waals surface area contributed by atoms with Crippen LogP contribution in [0.4, 0.5) is 0 Å². The molecule has 74 valence electrons. The quantitative estimate of drug-likeness (QED) is 0.444. The van der Waals surface area contributed by atoms with Crippen molar-refractivity contribution in [3.63, 3.8) is 0 Å². The van der Waals surface area contributed by atoms with Crippen LogP contribution < -0.4 is 0 Å². The molecule has 2 aliphatic carbocycles. The summed E-state index contributed by atoms with van der Waals surface area (Å²) >= 11 is 2.06. The molecule has 3 heteroatoms. The number of fused-ring (bicyclic) bond motifs is 2. The Morgan fingerprint density at radius 3 is 2.85 bits per heavy atom. The summed E-state index contributed by atoms with van der Waals surface area (Å²) in [7, 11) is 0. The average molecular weight is 294 g/mol. The molecule has 0 aromatic heterocycles. The molecule has 0 aromatic carbocycles. The van der Waals surface area contributed by atoms with Gasteiger partial charge in [-0.3, -0.25) is 4.79 Å². The highest BCUT2D eigenvalue weighted by molar-refractivity contribution is 14.1. The Kier molecular flexibility index (Phi) is 2.55. The Morgan fingerprint density at radius 1 is 1.62 bits per heavy atom. The normalized spacial score (nSPS) is 42.3. The van der Waals surface area contributed by atoms with Gasteiger partial charge in [0.05, 0.1) is 4.43 Å². The van der Waals surface area contributed by atoms with Crippen molar-refractivity contribution in [1.82, 2.24) is 0 Å². The highest BCUT2D eigenvalue weighted by Crippen LogP contribution is 2.52. The zero-order valence-corrected chi connectivity index (χ0v) is 10.0. The number of rotatable bonds is 2. The second-order valence-corrected chi connectivity index (χ2v) is 5.26. The van der Waals surface area contributed by atoms with Crippen LogP contribution in [-0.2, 0) is 9.53 Å². The molecule has 0 heterocycles. The number of alkyl halides is 1. The summed E-state index contributed by atoms with van der Waals surface area (Å²) in [5, 5.41) is 0. The fourth-order valence-electron chi connectivity index (χ4n) is 2.97. The number of esters is 1. The van der Waals surface area contributed by atoms with Crippen LogP contribution in [0.25, 0.3) is 0 Å². The molecule has 13 heavy (non-hydrogen) atoms. The van der Waals surface area contributed by atoms with Gasteiger partial charge in [-0.05, 0) is 44.4 Å². The SMILES string of the molecule is CC1(OC(=O)CI)CC2CCC1C2. The number of carbonyl (C=O) groups is 1. The third kappa shape index (κ3) is 1.72. The van der Waals surface area contributed by atoms with Crippen LogP contribution in [0, 0.1) is 11.8 Å². The highest BCUT2D eigenvalue weighted by Gasteiger charge is 2.50. The molecule has 2 bridgehead atoms. The summed E-state index contributed by atoms with van der Waals surface area (Å²) in [6, 6.07) is 0. The molecule has 3 unspecified atom stereocenters. The predicted molar refractivity (Wildman–Crippen MR) is 58.8 cm³/mol. The molecular formula is C10H15IO2. The van der Waals surface area contributed by atoms with E-state index in [0.29, 0.717) is 10.3 Å². The van der Waals surface area contributed by atoms with Crippen molar-refractivity contribution in [2.24, 2.45) is 11.8 Å². The summed E-state index contributed by atoms with van der Waals surface area (Å²) in [6.07, 6.45) is 4.99. The van der Waals surface area contributed by atoms with Crippen molar-refractivity contribution in [3.8, 4) is 0 Å². The van der Waals surface area contributed by atoms with Crippen molar-refractivity contribution in [1.29, 1.82) is 0 Å². The Labute approximate surface area is 92.5 Å². The smallest absolute Gasteiger partial charge is 0.316 e. The molecule has 2 nitrogen and oxygen atoms in total. The van der Waals surface area contributed by atoms with Gasteiger partial charge in [0, 0.05) is 0 Å². The van der Waals surface area contributed by atoms with Crippen LogP contribution in [-0.4, -0.2) is 16.0 Å². The van der Waals surface area contributed by atoms with Gasteiger partial charge >= 0.3 is 5.97 Å². The highest BCUT2D eigenvalue weighted by atomic mass is 127. The maximum atomic E-state index is 11.2. The molecule has 0 N–H and O–H groups in total. The molecule has 3 atom stereocenters. The van der Waals surface area contributed by atoms with Gasteiger partial charge in [-0.2, -0.15) is 0 Å². The third-order valence-corrected chi connectivity index (χ3v) is 4.18. The standard InChI is InChI=1S/C10H15IO2/c1-10(13-9(12)6-11)5-7-2-3-8(10)4-7/h7-8H,2-6H2,1H3. The largest absolute Gasteiger partial charge is 0.458 e. The first-order valence-corrected chi connectivity index (χ1v) is 6.44. The van der Waals surface area contributed by atoms with Gasteiger partial charge < -0.3 is 4.74 Å². The Morgan fingerprint density at radius 2 is 2.38 bits per heavy atom. The average Bonchev–Trinajstić information content (AvgIpc) is 2.62. The fraction of sp³-hybridized carbons (Fsp3) is 0.900. The number of hydrogen-bond acceptors (Lipinski definition) is 2. The second-order valence-electron chi connectivity index (χ2n) is 4.50. The molecule has 2 aliphatic rings. The molecule has 0 aromatic rings. The minimum absolute atomic E-state index is 0.0457. The molecule has 2 rings (SSSR count). The third-order valence-electron chi connectivity index (χ3n) is 3.55. The zero-order chi connectivity index (χ0) is 9.47. The van der Waals surface area contributed by atoms with E-state index in [2.05, 4.69) is 29.5 Å². The minimum Gasteiger partial charge on any atom is -0.458 e. The van der Waals surface area contributed by atoms with Crippen molar-refractivity contribution < 1.29 is 9.53 Å². The summed E-state index contributed by atoms with van der Waals surface area (Å²) in [5.74, 6) is 1.43. The van der Waals surface area contributed by atoms with Crippen LogP contribution >= 0.6 is 22.6 Å². The molecule has 2 fully saturated rings. The van der Waals surface area contributed by atoms with Crippen LogP contribution in [0.15, 0.2) is 0 Å². The van der Waals surface area contributed by atoms with Crippen molar-refractivity contribution in [2.75, 3.05) is 4.43 Å². The Balaban J connectivity index is 2.01. The van der Waals surface area contributed by atoms with Gasteiger partial charge in [-0.25, -0.2) is 0 Å². The summed E-state index contributed by atoms with van der Waals surface area (Å²) < 4.78 is 6.01. The van der Waals surface area contributed by atoms with E-state index in [9.17, 15) is 4.79 Å². The summed E-state index contributed by atoms with van der Waals surface area (Å²) in [5.41, 5.74) is -0.120. The molecule has 0 spiro atoms. The van der Waals surface area contributed by atoms with E-state index in [4.69, 9.17) is 4.74 Å². The number of ether oxygens (including phenoxy) is 1. The maximum Gasteiger partial charge on any atom is 0.316 e. The van der Waals surface area contributed by atoms with Gasteiger partial charge in [0.1, 0.15) is 5.60 Å². The summed E-state index contributed by atoms with van der Waals surface area (Å²) in [6.45, 7) is 2.11. The lowest BCUT2D eigenvalue weighted by Crippen LogP contribution is -2.37. The van der Waals surface area contributed by atoms with E-state index in [1.165, 1.54) is 19.3 Å². The van der Waals surface area contributed by atoms with Crippen LogP contribution in [0.3, 0.4) is 0 Å². The van der Waals surface area contributed by atoms with E-state index < -0.39 is 0 Å². The van der Waals surface area contributed by atoms with Crippen molar-refractivity contribution >= 4 is 28.6 Å². The monoisotopic (exact) mass is 294 g/mol. The van der Waals surface area contributed by atoms with E-state index in [1.807, 2.05) is 0 Å². The lowest BCUT2D eigenvalue weighted by atomic mass is 9.86. The first kappa shape index (κ1) is 9.74. The Bertz CT molecular complexity index is 229. The first-order chi connectivity index (χ1) is 6.14. The molecule has 0 amide bonds. The summed E-state index contributed by atoms with van der Waals surface area (Å²) in [4.78, 5) is 11.2. The van der Waals surface area contributed by atoms with Gasteiger partial charge in [0.25, 0.3) is 0 Å². The zero-order valence-electron chi connectivity index (χ0n) is 7.88. The van der Waals surface area contributed by atoms with E-state index >= 15 is 0 Å².